The summed E-state index contributed by atoms with van der Waals surface area (Å²) in [5, 5.41) is 5.11. The molecule has 1 heterocycles. The fraction of sp³-hybridized carbons (Fsp3) is 0.353. The largest absolute Gasteiger partial charge is 0.354 e. The summed E-state index contributed by atoms with van der Waals surface area (Å²) in [4.78, 5) is 13.8. The van der Waals surface area contributed by atoms with Crippen molar-refractivity contribution in [2.45, 2.75) is 31.2 Å². The van der Waals surface area contributed by atoms with E-state index >= 15 is 0 Å². The minimum absolute atomic E-state index is 0.00275. The first-order valence-electron chi connectivity index (χ1n) is 7.40. The lowest BCUT2D eigenvalue weighted by atomic mass is 9.87. The minimum Gasteiger partial charge on any atom is -0.354 e. The van der Waals surface area contributed by atoms with Crippen molar-refractivity contribution in [3.05, 3.63) is 57.8 Å². The van der Waals surface area contributed by atoms with Crippen molar-refractivity contribution in [2.75, 3.05) is 6.54 Å². The molecule has 0 saturated carbocycles. The number of benzene rings is 1. The van der Waals surface area contributed by atoms with Crippen LogP contribution in [0.25, 0.3) is 0 Å². The molecule has 0 spiro atoms. The molecule has 110 valence electrons. The van der Waals surface area contributed by atoms with Gasteiger partial charge in [-0.05, 0) is 41.8 Å². The Morgan fingerprint density at radius 2 is 2.14 bits per heavy atom. The van der Waals surface area contributed by atoms with Gasteiger partial charge in [-0.1, -0.05) is 30.3 Å². The SMILES string of the molecule is NC(CNC(=O)C1CCCc2sccc21)c1ccccc1. The zero-order chi connectivity index (χ0) is 14.7. The number of hydrogen-bond acceptors (Lipinski definition) is 3. The highest BCUT2D eigenvalue weighted by Crippen LogP contribution is 2.34. The summed E-state index contributed by atoms with van der Waals surface area (Å²) in [6, 6.07) is 11.8. The van der Waals surface area contributed by atoms with Crippen LogP contribution < -0.4 is 11.1 Å². The van der Waals surface area contributed by atoms with Crippen LogP contribution in [0.2, 0.25) is 0 Å². The number of thiophene rings is 1. The first kappa shape index (κ1) is 14.3. The molecule has 1 amide bonds. The van der Waals surface area contributed by atoms with Gasteiger partial charge < -0.3 is 11.1 Å². The fourth-order valence-electron chi connectivity index (χ4n) is 2.91. The van der Waals surface area contributed by atoms with E-state index in [2.05, 4.69) is 16.8 Å². The average molecular weight is 300 g/mol. The number of hydrogen-bond donors (Lipinski definition) is 2. The molecule has 4 heteroatoms. The van der Waals surface area contributed by atoms with E-state index in [0.717, 1.165) is 24.8 Å². The van der Waals surface area contributed by atoms with Crippen molar-refractivity contribution in [2.24, 2.45) is 5.73 Å². The predicted molar refractivity (Wildman–Crippen MR) is 86.4 cm³/mol. The van der Waals surface area contributed by atoms with Crippen LogP contribution in [-0.2, 0) is 11.2 Å². The number of nitrogens with one attached hydrogen (secondary N) is 1. The lowest BCUT2D eigenvalue weighted by Gasteiger charge is -2.23. The highest BCUT2D eigenvalue weighted by atomic mass is 32.1. The Labute approximate surface area is 129 Å². The maximum absolute atomic E-state index is 12.4. The number of carbonyl (C=O) groups is 1. The van der Waals surface area contributed by atoms with Crippen LogP contribution in [0.5, 0.6) is 0 Å². The third kappa shape index (κ3) is 3.17. The minimum atomic E-state index is -0.152. The van der Waals surface area contributed by atoms with E-state index < -0.39 is 0 Å². The number of aryl methyl sites for hydroxylation is 1. The molecule has 3 rings (SSSR count). The summed E-state index contributed by atoms with van der Waals surface area (Å²) in [6.07, 6.45) is 3.15. The van der Waals surface area contributed by atoms with Gasteiger partial charge in [0.2, 0.25) is 5.91 Å². The van der Waals surface area contributed by atoms with Gasteiger partial charge in [0.15, 0.2) is 0 Å². The molecule has 1 aromatic heterocycles. The average Bonchev–Trinajstić information content (AvgIpc) is 3.01. The standard InChI is InChI=1S/C17H20N2OS/c18-15(12-5-2-1-3-6-12)11-19-17(20)14-7-4-8-16-13(14)9-10-21-16/h1-3,5-6,9-10,14-15H,4,7-8,11,18H2,(H,19,20). The molecule has 1 aliphatic carbocycles. The Kier molecular flexibility index (Phi) is 4.36. The number of nitrogens with two attached hydrogens (primary N) is 1. The van der Waals surface area contributed by atoms with Crippen molar-refractivity contribution in [1.29, 1.82) is 0 Å². The van der Waals surface area contributed by atoms with Crippen molar-refractivity contribution < 1.29 is 4.79 Å². The number of fused-ring (bicyclic) bond motifs is 1. The van der Waals surface area contributed by atoms with Crippen LogP contribution in [0.15, 0.2) is 41.8 Å². The molecule has 3 N–H and O–H groups in total. The van der Waals surface area contributed by atoms with Crippen LogP contribution in [0, 0.1) is 0 Å². The van der Waals surface area contributed by atoms with Crippen LogP contribution in [0.4, 0.5) is 0 Å². The highest BCUT2D eigenvalue weighted by Gasteiger charge is 2.27. The van der Waals surface area contributed by atoms with Gasteiger partial charge in [-0.25, -0.2) is 0 Å². The summed E-state index contributed by atoms with van der Waals surface area (Å²) in [7, 11) is 0. The van der Waals surface area contributed by atoms with E-state index in [1.54, 1.807) is 11.3 Å². The molecule has 2 aromatic rings. The number of carbonyl (C=O) groups excluding carboxylic acids is 1. The molecular weight excluding hydrogens is 280 g/mol. The van der Waals surface area contributed by atoms with Gasteiger partial charge in [0.1, 0.15) is 0 Å². The topological polar surface area (TPSA) is 55.1 Å². The molecular formula is C17H20N2OS. The summed E-state index contributed by atoms with van der Waals surface area (Å²) >= 11 is 1.76. The second-order valence-electron chi connectivity index (χ2n) is 5.51. The predicted octanol–water partition coefficient (Wildman–Crippen LogP) is 2.98. The van der Waals surface area contributed by atoms with Crippen molar-refractivity contribution in [3.63, 3.8) is 0 Å². The molecule has 0 radical (unpaired) electrons. The van der Waals surface area contributed by atoms with Crippen molar-refractivity contribution in [1.82, 2.24) is 5.32 Å². The third-order valence-corrected chi connectivity index (χ3v) is 5.09. The van der Waals surface area contributed by atoms with Crippen LogP contribution in [0.3, 0.4) is 0 Å². The maximum Gasteiger partial charge on any atom is 0.227 e. The van der Waals surface area contributed by atoms with Gasteiger partial charge in [-0.15, -0.1) is 11.3 Å². The summed E-state index contributed by atoms with van der Waals surface area (Å²) in [5.74, 6) is 0.115. The van der Waals surface area contributed by atoms with E-state index in [1.807, 2.05) is 30.3 Å². The van der Waals surface area contributed by atoms with Crippen molar-refractivity contribution in [3.8, 4) is 0 Å². The Bertz CT molecular complexity index is 608. The molecule has 0 aliphatic heterocycles. The molecule has 0 saturated heterocycles. The van der Waals surface area contributed by atoms with E-state index in [9.17, 15) is 4.79 Å². The summed E-state index contributed by atoms with van der Waals surface area (Å²) < 4.78 is 0. The summed E-state index contributed by atoms with van der Waals surface area (Å²) in [6.45, 7) is 0.485. The molecule has 0 bridgehead atoms. The van der Waals surface area contributed by atoms with Gasteiger partial charge in [-0.2, -0.15) is 0 Å². The molecule has 2 atom stereocenters. The van der Waals surface area contributed by atoms with Gasteiger partial charge in [0.25, 0.3) is 0 Å². The maximum atomic E-state index is 12.4. The zero-order valence-electron chi connectivity index (χ0n) is 11.9. The van der Waals surface area contributed by atoms with E-state index in [0.29, 0.717) is 6.54 Å². The monoisotopic (exact) mass is 300 g/mol. The Morgan fingerprint density at radius 1 is 1.33 bits per heavy atom. The second-order valence-corrected chi connectivity index (χ2v) is 6.51. The smallest absolute Gasteiger partial charge is 0.227 e. The normalized spacial score (nSPS) is 18.8. The van der Waals surface area contributed by atoms with Gasteiger partial charge in [-0.3, -0.25) is 4.79 Å². The Morgan fingerprint density at radius 3 is 2.95 bits per heavy atom. The van der Waals surface area contributed by atoms with Crippen LogP contribution in [-0.4, -0.2) is 12.5 Å². The zero-order valence-corrected chi connectivity index (χ0v) is 12.7. The van der Waals surface area contributed by atoms with Gasteiger partial charge in [0, 0.05) is 17.5 Å². The third-order valence-electron chi connectivity index (χ3n) is 4.09. The quantitative estimate of drug-likeness (QED) is 0.912. The first-order valence-corrected chi connectivity index (χ1v) is 8.28. The van der Waals surface area contributed by atoms with Gasteiger partial charge >= 0.3 is 0 Å². The first-order chi connectivity index (χ1) is 10.3. The van der Waals surface area contributed by atoms with E-state index in [1.165, 1.54) is 10.4 Å². The molecule has 3 nitrogen and oxygen atoms in total. The highest BCUT2D eigenvalue weighted by molar-refractivity contribution is 7.10. The lowest BCUT2D eigenvalue weighted by Crippen LogP contribution is -2.36. The van der Waals surface area contributed by atoms with Crippen molar-refractivity contribution >= 4 is 17.2 Å². The fourth-order valence-corrected chi connectivity index (χ4v) is 3.90. The molecule has 21 heavy (non-hydrogen) atoms. The molecule has 1 aromatic carbocycles. The van der Waals surface area contributed by atoms with Crippen LogP contribution in [0.1, 0.15) is 40.8 Å². The van der Waals surface area contributed by atoms with Gasteiger partial charge in [0.05, 0.1) is 5.92 Å². The van der Waals surface area contributed by atoms with E-state index in [-0.39, 0.29) is 17.9 Å². The lowest BCUT2D eigenvalue weighted by molar-refractivity contribution is -0.122. The molecule has 0 fully saturated rings. The molecule has 1 aliphatic rings. The van der Waals surface area contributed by atoms with E-state index in [4.69, 9.17) is 5.73 Å². The number of amides is 1. The number of rotatable bonds is 4. The molecule has 2 unspecified atom stereocenters. The summed E-state index contributed by atoms with van der Waals surface area (Å²) in [5.41, 5.74) is 8.41. The Hall–Kier alpha value is -1.65. The van der Waals surface area contributed by atoms with Crippen LogP contribution >= 0.6 is 11.3 Å². The second kappa shape index (κ2) is 6.41. The Balaban J connectivity index is 1.61.